The van der Waals surface area contributed by atoms with E-state index in [1.807, 2.05) is 46.7 Å². The van der Waals surface area contributed by atoms with Crippen LogP contribution in [-0.4, -0.2) is 83.3 Å². The van der Waals surface area contributed by atoms with Gasteiger partial charge in [0.2, 0.25) is 0 Å². The lowest BCUT2D eigenvalue weighted by Gasteiger charge is -2.43. The third-order valence-electron chi connectivity index (χ3n) is 7.07. The third kappa shape index (κ3) is 6.85. The fraction of sp³-hybridized carbons (Fsp3) is 0.840. The zero-order chi connectivity index (χ0) is 25.1. The minimum absolute atomic E-state index is 0.106. The van der Waals surface area contributed by atoms with Gasteiger partial charge in [-0.15, -0.1) is 0 Å². The van der Waals surface area contributed by atoms with Crippen LogP contribution in [0.2, 0.25) is 0 Å². The summed E-state index contributed by atoms with van der Waals surface area (Å²) in [4.78, 5) is 27.8. The van der Waals surface area contributed by atoms with E-state index in [9.17, 15) is 19.8 Å². The van der Waals surface area contributed by atoms with Gasteiger partial charge in [-0.1, -0.05) is 20.8 Å². The Morgan fingerprint density at radius 3 is 2.39 bits per heavy atom. The van der Waals surface area contributed by atoms with Crippen molar-refractivity contribution < 1.29 is 34.0 Å². The number of ketones is 1. The van der Waals surface area contributed by atoms with Crippen LogP contribution in [0.5, 0.6) is 0 Å². The summed E-state index contributed by atoms with van der Waals surface area (Å²) in [6.45, 7) is 10.8. The van der Waals surface area contributed by atoms with Crippen LogP contribution in [0.3, 0.4) is 0 Å². The molecule has 4 unspecified atom stereocenters. The van der Waals surface area contributed by atoms with Gasteiger partial charge < -0.3 is 29.3 Å². The van der Waals surface area contributed by atoms with Crippen molar-refractivity contribution in [1.82, 2.24) is 4.90 Å². The molecule has 0 spiro atoms. The molecule has 0 bridgehead atoms. The van der Waals surface area contributed by atoms with Crippen LogP contribution >= 0.6 is 0 Å². The van der Waals surface area contributed by atoms with Crippen LogP contribution in [0.15, 0.2) is 12.2 Å². The molecule has 10 atom stereocenters. The molecule has 2 rings (SSSR count). The van der Waals surface area contributed by atoms with E-state index in [1.54, 1.807) is 6.92 Å². The molecule has 0 saturated carbocycles. The maximum Gasteiger partial charge on any atom is 0.311 e. The maximum absolute atomic E-state index is 13.1. The Bertz CT molecular complexity index is 707. The third-order valence-corrected chi connectivity index (χ3v) is 7.07. The lowest BCUT2D eigenvalue weighted by Crippen LogP contribution is -2.56. The number of rotatable bonds is 4. The minimum Gasteiger partial charge on any atom is -0.459 e. The summed E-state index contributed by atoms with van der Waals surface area (Å²) >= 11 is 0. The molecule has 190 valence electrons. The number of cyclic esters (lactones) is 1. The number of carbonyl (C=O) groups is 2. The van der Waals surface area contributed by atoms with Gasteiger partial charge in [0, 0.05) is 12.0 Å². The van der Waals surface area contributed by atoms with Gasteiger partial charge in [0.05, 0.1) is 18.1 Å². The van der Waals surface area contributed by atoms with E-state index in [4.69, 9.17) is 14.2 Å². The number of allylic oxidation sites excluding steroid dienone is 1. The van der Waals surface area contributed by atoms with Gasteiger partial charge in [0.25, 0.3) is 0 Å². The number of carbonyl (C=O) groups excluding carboxylic acids is 2. The molecule has 8 heteroatoms. The number of aliphatic hydroxyl groups is 2. The number of ether oxygens (including phenoxy) is 3. The van der Waals surface area contributed by atoms with Crippen LogP contribution in [0.4, 0.5) is 0 Å². The number of hydrogen-bond donors (Lipinski definition) is 2. The van der Waals surface area contributed by atoms with E-state index in [0.717, 1.165) is 0 Å². The second-order valence-corrected chi connectivity index (χ2v) is 10.4. The number of nitrogens with zero attached hydrogens (tertiary/aromatic N) is 1. The number of aliphatic hydroxyl groups excluding tert-OH is 1. The van der Waals surface area contributed by atoms with Crippen molar-refractivity contribution in [1.29, 1.82) is 0 Å². The molecular formula is C25H43NO7. The molecule has 2 aliphatic heterocycles. The van der Waals surface area contributed by atoms with Gasteiger partial charge in [-0.3, -0.25) is 9.59 Å². The largest absolute Gasteiger partial charge is 0.459 e. The van der Waals surface area contributed by atoms with E-state index in [1.165, 1.54) is 19.1 Å². The quantitative estimate of drug-likeness (QED) is 0.605. The Morgan fingerprint density at radius 2 is 1.82 bits per heavy atom. The minimum atomic E-state index is -1.47. The highest BCUT2D eigenvalue weighted by molar-refractivity contribution is 5.91. The van der Waals surface area contributed by atoms with Crippen LogP contribution < -0.4 is 0 Å². The smallest absolute Gasteiger partial charge is 0.311 e. The molecule has 33 heavy (non-hydrogen) atoms. The topological polar surface area (TPSA) is 106 Å². The average Bonchev–Trinajstić information content (AvgIpc) is 2.74. The maximum atomic E-state index is 13.1. The van der Waals surface area contributed by atoms with E-state index in [0.29, 0.717) is 19.3 Å². The van der Waals surface area contributed by atoms with Crippen molar-refractivity contribution in [3.8, 4) is 0 Å². The predicted octanol–water partition coefficient (Wildman–Crippen LogP) is 2.31. The van der Waals surface area contributed by atoms with Crippen LogP contribution in [0, 0.1) is 17.8 Å². The second kappa shape index (κ2) is 11.4. The van der Waals surface area contributed by atoms with E-state index < -0.39 is 42.1 Å². The lowest BCUT2D eigenvalue weighted by atomic mass is 9.84. The Hall–Kier alpha value is -1.32. The summed E-state index contributed by atoms with van der Waals surface area (Å²) < 4.78 is 17.9. The molecule has 2 heterocycles. The molecule has 1 saturated heterocycles. The van der Waals surface area contributed by atoms with Crippen molar-refractivity contribution in [3.63, 3.8) is 0 Å². The van der Waals surface area contributed by atoms with Crippen molar-refractivity contribution in [2.45, 2.75) is 103 Å². The predicted molar refractivity (Wildman–Crippen MR) is 124 cm³/mol. The van der Waals surface area contributed by atoms with E-state index >= 15 is 0 Å². The summed E-state index contributed by atoms with van der Waals surface area (Å²) in [5.74, 6) is -1.81. The standard InChI is InChI=1S/C25H43NO7/c1-9-20-25(6,30)11-10-19(27)14(2)12-15(3)22(17(5)23(29)32-20)33-24-21(28)18(26(7)8)13-16(4)31-24/h10-11,14-18,20-22,24,28,30H,9,12-13H2,1-8H3/t14-,15+,16?,17-,18?,20-,21?,22+,24?,25+/m1/s1. The molecular weight excluding hydrogens is 426 g/mol. The molecule has 0 aromatic carbocycles. The van der Waals surface area contributed by atoms with Crippen LogP contribution in [-0.2, 0) is 23.8 Å². The molecule has 2 N–H and O–H groups in total. The first-order valence-corrected chi connectivity index (χ1v) is 12.1. The van der Waals surface area contributed by atoms with Crippen molar-refractivity contribution >= 4 is 11.8 Å². The summed E-state index contributed by atoms with van der Waals surface area (Å²) in [7, 11) is 3.80. The zero-order valence-electron chi connectivity index (χ0n) is 21.4. The molecule has 0 aliphatic carbocycles. The summed E-state index contributed by atoms with van der Waals surface area (Å²) in [5.41, 5.74) is -1.47. The first-order valence-electron chi connectivity index (χ1n) is 12.1. The molecule has 8 nitrogen and oxygen atoms in total. The van der Waals surface area contributed by atoms with Crippen molar-refractivity contribution in [3.05, 3.63) is 12.2 Å². The monoisotopic (exact) mass is 469 g/mol. The van der Waals surface area contributed by atoms with Crippen molar-refractivity contribution in [2.75, 3.05) is 14.1 Å². The molecule has 0 aromatic heterocycles. The van der Waals surface area contributed by atoms with E-state index in [2.05, 4.69) is 0 Å². The highest BCUT2D eigenvalue weighted by atomic mass is 16.7. The SMILES string of the molecule is CC[C@H]1OC(=O)[C@H](C)[C@@H](OC2OC(C)CC(N(C)C)C2O)[C@@H](C)C[C@@H](C)C(=O)C=C[C@]1(C)O. The highest BCUT2D eigenvalue weighted by Crippen LogP contribution is 2.32. The Labute approximate surface area is 198 Å². The first kappa shape index (κ1) is 27.9. The Kier molecular flexibility index (Phi) is 9.65. The van der Waals surface area contributed by atoms with Crippen molar-refractivity contribution in [2.24, 2.45) is 17.8 Å². The Morgan fingerprint density at radius 1 is 1.18 bits per heavy atom. The van der Waals surface area contributed by atoms with Crippen LogP contribution in [0.25, 0.3) is 0 Å². The van der Waals surface area contributed by atoms with Gasteiger partial charge in [-0.2, -0.15) is 0 Å². The van der Waals surface area contributed by atoms with Gasteiger partial charge in [0.15, 0.2) is 12.1 Å². The molecule has 2 aliphatic rings. The van der Waals surface area contributed by atoms with Crippen LogP contribution in [0.1, 0.15) is 60.8 Å². The van der Waals surface area contributed by atoms with Gasteiger partial charge in [-0.05, 0) is 72.2 Å². The summed E-state index contributed by atoms with van der Waals surface area (Å²) in [5, 5.41) is 21.8. The fourth-order valence-corrected chi connectivity index (χ4v) is 4.88. The normalized spacial score (nSPS) is 43.7. The zero-order valence-corrected chi connectivity index (χ0v) is 21.4. The Balaban J connectivity index is 2.36. The highest BCUT2D eigenvalue weighted by Gasteiger charge is 2.43. The summed E-state index contributed by atoms with van der Waals surface area (Å²) in [6, 6.07) is -0.146. The second-order valence-electron chi connectivity index (χ2n) is 10.4. The first-order chi connectivity index (χ1) is 15.3. The number of esters is 1. The number of likely N-dealkylation sites (N-methyl/N-ethyl adjacent to an activating group) is 1. The van der Waals surface area contributed by atoms with Gasteiger partial charge in [-0.25, -0.2) is 0 Å². The number of hydrogen-bond acceptors (Lipinski definition) is 8. The lowest BCUT2D eigenvalue weighted by molar-refractivity contribution is -0.279. The molecule has 0 radical (unpaired) electrons. The molecule has 0 amide bonds. The van der Waals surface area contributed by atoms with E-state index in [-0.39, 0.29) is 29.8 Å². The average molecular weight is 470 g/mol. The molecule has 0 aromatic rings. The fourth-order valence-electron chi connectivity index (χ4n) is 4.88. The summed E-state index contributed by atoms with van der Waals surface area (Å²) in [6.07, 6.45) is 0.943. The molecule has 1 fully saturated rings. The van der Waals surface area contributed by atoms with Gasteiger partial charge >= 0.3 is 5.97 Å². The van der Waals surface area contributed by atoms with Gasteiger partial charge in [0.1, 0.15) is 17.8 Å².